The fourth-order valence-electron chi connectivity index (χ4n) is 3.44. The van der Waals surface area contributed by atoms with Gasteiger partial charge in [-0.15, -0.1) is 0 Å². The number of ether oxygens (including phenoxy) is 1. The molecular formula is C20H19N3O. The maximum atomic E-state index is 6.09. The SMILES string of the molecule is Cn1cc(-c2cc3cccnc3[nH]2)c2cc(OC3CCC3)ccc21. The average molecular weight is 317 g/mol. The molecule has 0 unspecified atom stereocenters. The number of aromatic nitrogens is 3. The predicted octanol–water partition coefficient (Wildman–Crippen LogP) is 4.65. The first-order chi connectivity index (χ1) is 11.8. The lowest BCUT2D eigenvalue weighted by molar-refractivity contribution is 0.120. The van der Waals surface area contributed by atoms with Gasteiger partial charge in [-0.05, 0) is 55.7 Å². The summed E-state index contributed by atoms with van der Waals surface area (Å²) in [5.41, 5.74) is 4.41. The van der Waals surface area contributed by atoms with E-state index in [1.54, 1.807) is 0 Å². The van der Waals surface area contributed by atoms with Crippen LogP contribution in [0.5, 0.6) is 5.75 Å². The molecule has 4 heteroatoms. The number of nitrogens with zero attached hydrogens (tertiary/aromatic N) is 2. The Labute approximate surface area is 140 Å². The standard InChI is InChI=1S/C20H19N3O/c1-23-12-17(18-10-13-4-3-9-21-20(13)22-18)16-11-15(7-8-19(16)23)24-14-5-2-6-14/h3-4,7-12,14H,2,5-6H2,1H3,(H,21,22). The van der Waals surface area contributed by atoms with Gasteiger partial charge in [-0.25, -0.2) is 4.98 Å². The van der Waals surface area contributed by atoms with Crippen molar-refractivity contribution in [3.05, 3.63) is 48.8 Å². The molecule has 0 aliphatic heterocycles. The van der Waals surface area contributed by atoms with E-state index in [-0.39, 0.29) is 0 Å². The van der Waals surface area contributed by atoms with Crippen molar-refractivity contribution in [2.75, 3.05) is 0 Å². The van der Waals surface area contributed by atoms with Crippen molar-refractivity contribution in [3.63, 3.8) is 0 Å². The van der Waals surface area contributed by atoms with Crippen LogP contribution in [0.15, 0.2) is 48.8 Å². The van der Waals surface area contributed by atoms with E-state index in [4.69, 9.17) is 4.74 Å². The van der Waals surface area contributed by atoms with Gasteiger partial charge in [0.2, 0.25) is 0 Å². The molecule has 1 saturated carbocycles. The summed E-state index contributed by atoms with van der Waals surface area (Å²) in [5.74, 6) is 0.967. The Hall–Kier alpha value is -2.75. The molecule has 4 aromatic rings. The molecule has 0 amide bonds. The van der Waals surface area contributed by atoms with Crippen molar-refractivity contribution in [1.82, 2.24) is 14.5 Å². The molecule has 0 saturated heterocycles. The average Bonchev–Trinajstić information content (AvgIpc) is 3.12. The van der Waals surface area contributed by atoms with E-state index in [9.17, 15) is 0 Å². The van der Waals surface area contributed by atoms with Crippen molar-refractivity contribution in [3.8, 4) is 17.0 Å². The summed E-state index contributed by atoms with van der Waals surface area (Å²) in [7, 11) is 2.08. The molecule has 5 rings (SSSR count). The van der Waals surface area contributed by atoms with Gasteiger partial charge < -0.3 is 14.3 Å². The molecule has 24 heavy (non-hydrogen) atoms. The maximum absolute atomic E-state index is 6.09. The molecule has 3 aromatic heterocycles. The number of hydrogen-bond donors (Lipinski definition) is 1. The van der Waals surface area contributed by atoms with Crippen LogP contribution in [0.2, 0.25) is 0 Å². The number of aromatic amines is 1. The summed E-state index contributed by atoms with van der Waals surface area (Å²) >= 11 is 0. The number of pyridine rings is 1. The third kappa shape index (κ3) is 2.10. The minimum absolute atomic E-state index is 0.395. The van der Waals surface area contributed by atoms with Crippen molar-refractivity contribution in [1.29, 1.82) is 0 Å². The van der Waals surface area contributed by atoms with E-state index in [1.165, 1.54) is 35.7 Å². The smallest absolute Gasteiger partial charge is 0.137 e. The van der Waals surface area contributed by atoms with E-state index in [0.717, 1.165) is 22.5 Å². The van der Waals surface area contributed by atoms with Gasteiger partial charge in [0.1, 0.15) is 11.4 Å². The zero-order valence-electron chi connectivity index (χ0n) is 13.6. The largest absolute Gasteiger partial charge is 0.490 e. The number of H-pyrrole nitrogens is 1. The second kappa shape index (κ2) is 5.13. The maximum Gasteiger partial charge on any atom is 0.137 e. The predicted molar refractivity (Wildman–Crippen MR) is 96.3 cm³/mol. The lowest BCUT2D eigenvalue weighted by Gasteiger charge is -2.26. The van der Waals surface area contributed by atoms with Crippen molar-refractivity contribution < 1.29 is 4.74 Å². The Morgan fingerprint density at radius 2 is 2.12 bits per heavy atom. The first kappa shape index (κ1) is 13.7. The highest BCUT2D eigenvalue weighted by Crippen LogP contribution is 2.34. The summed E-state index contributed by atoms with van der Waals surface area (Å²) in [6.45, 7) is 0. The van der Waals surface area contributed by atoms with Gasteiger partial charge in [-0.2, -0.15) is 0 Å². The van der Waals surface area contributed by atoms with Crippen molar-refractivity contribution >= 4 is 21.9 Å². The monoisotopic (exact) mass is 317 g/mol. The molecule has 0 atom stereocenters. The highest BCUT2D eigenvalue weighted by Gasteiger charge is 2.20. The molecule has 120 valence electrons. The van der Waals surface area contributed by atoms with Gasteiger partial charge in [-0.1, -0.05) is 0 Å². The quantitative estimate of drug-likeness (QED) is 0.597. The van der Waals surface area contributed by atoms with Gasteiger partial charge >= 0.3 is 0 Å². The summed E-state index contributed by atoms with van der Waals surface area (Å²) in [6.07, 6.45) is 8.01. The van der Waals surface area contributed by atoms with Crippen molar-refractivity contribution in [2.45, 2.75) is 25.4 Å². The molecular weight excluding hydrogens is 298 g/mol. The highest BCUT2D eigenvalue weighted by atomic mass is 16.5. The first-order valence-corrected chi connectivity index (χ1v) is 8.48. The number of aryl methyl sites for hydroxylation is 1. The minimum Gasteiger partial charge on any atom is -0.490 e. The van der Waals surface area contributed by atoms with Gasteiger partial charge in [-0.3, -0.25) is 0 Å². The molecule has 0 spiro atoms. The molecule has 0 bridgehead atoms. The Morgan fingerprint density at radius 3 is 2.92 bits per heavy atom. The lowest BCUT2D eigenvalue weighted by Crippen LogP contribution is -2.24. The van der Waals surface area contributed by atoms with Crippen LogP contribution in [-0.4, -0.2) is 20.6 Å². The van der Waals surface area contributed by atoms with Crippen LogP contribution < -0.4 is 4.74 Å². The number of fused-ring (bicyclic) bond motifs is 2. The molecule has 4 nitrogen and oxygen atoms in total. The first-order valence-electron chi connectivity index (χ1n) is 8.48. The number of hydrogen-bond acceptors (Lipinski definition) is 2. The van der Waals surface area contributed by atoms with Crippen molar-refractivity contribution in [2.24, 2.45) is 7.05 Å². The third-order valence-corrected chi connectivity index (χ3v) is 5.00. The van der Waals surface area contributed by atoms with Crippen LogP contribution in [0.3, 0.4) is 0 Å². The zero-order valence-corrected chi connectivity index (χ0v) is 13.6. The Kier molecular flexibility index (Phi) is 2.92. The van der Waals surface area contributed by atoms with Crippen LogP contribution in [0.1, 0.15) is 19.3 Å². The van der Waals surface area contributed by atoms with E-state index in [2.05, 4.69) is 58.1 Å². The van der Waals surface area contributed by atoms with Crippen LogP contribution in [0.4, 0.5) is 0 Å². The highest BCUT2D eigenvalue weighted by molar-refractivity contribution is 5.98. The second-order valence-corrected chi connectivity index (χ2v) is 6.63. The molecule has 1 aromatic carbocycles. The van der Waals surface area contributed by atoms with Gasteiger partial charge in [0, 0.05) is 47.0 Å². The topological polar surface area (TPSA) is 42.8 Å². The number of rotatable bonds is 3. The zero-order chi connectivity index (χ0) is 16.1. The lowest BCUT2D eigenvalue weighted by atomic mass is 9.96. The van der Waals surface area contributed by atoms with Crippen LogP contribution >= 0.6 is 0 Å². The molecule has 1 fully saturated rings. The van der Waals surface area contributed by atoms with E-state index >= 15 is 0 Å². The minimum atomic E-state index is 0.395. The normalized spacial score (nSPS) is 15.0. The second-order valence-electron chi connectivity index (χ2n) is 6.63. The van der Waals surface area contributed by atoms with Crippen LogP contribution in [0, 0.1) is 0 Å². The molecule has 1 aliphatic rings. The van der Waals surface area contributed by atoms with Crippen LogP contribution in [-0.2, 0) is 7.05 Å². The molecule has 0 radical (unpaired) electrons. The molecule has 1 N–H and O–H groups in total. The number of nitrogens with one attached hydrogen (secondary N) is 1. The molecule has 1 aliphatic carbocycles. The third-order valence-electron chi connectivity index (χ3n) is 5.00. The summed E-state index contributed by atoms with van der Waals surface area (Å²) < 4.78 is 8.25. The fraction of sp³-hybridized carbons (Fsp3) is 0.250. The molecule has 3 heterocycles. The van der Waals surface area contributed by atoms with Crippen LogP contribution in [0.25, 0.3) is 33.2 Å². The Balaban J connectivity index is 1.64. The number of benzene rings is 1. The van der Waals surface area contributed by atoms with E-state index in [1.807, 2.05) is 12.3 Å². The van der Waals surface area contributed by atoms with Gasteiger partial charge in [0.25, 0.3) is 0 Å². The summed E-state index contributed by atoms with van der Waals surface area (Å²) in [6, 6.07) is 12.6. The summed E-state index contributed by atoms with van der Waals surface area (Å²) in [5, 5.41) is 2.34. The van der Waals surface area contributed by atoms with Gasteiger partial charge in [0.05, 0.1) is 6.10 Å². The fourth-order valence-corrected chi connectivity index (χ4v) is 3.44. The Morgan fingerprint density at radius 1 is 1.21 bits per heavy atom. The summed E-state index contributed by atoms with van der Waals surface area (Å²) in [4.78, 5) is 7.84. The van der Waals surface area contributed by atoms with E-state index < -0.39 is 0 Å². The van der Waals surface area contributed by atoms with E-state index in [0.29, 0.717) is 6.10 Å². The Bertz CT molecular complexity index is 1010. The van der Waals surface area contributed by atoms with Gasteiger partial charge in [0.15, 0.2) is 0 Å².